The lowest BCUT2D eigenvalue weighted by Crippen LogP contribution is -2.36. The number of carbonyl (C=O) groups is 1. The molecule has 0 unspecified atom stereocenters. The number of amides is 1. The van der Waals surface area contributed by atoms with Crippen LogP contribution in [-0.2, 0) is 19.4 Å². The molecule has 128 valence electrons. The van der Waals surface area contributed by atoms with Crippen molar-refractivity contribution in [2.24, 2.45) is 0 Å². The molecule has 1 aromatic rings. The second-order valence-corrected chi connectivity index (χ2v) is 7.67. The minimum Gasteiger partial charge on any atom is -0.495 e. The maximum Gasteiger partial charge on any atom is 0.225 e. The fourth-order valence-electron chi connectivity index (χ4n) is 2.30. The summed E-state index contributed by atoms with van der Waals surface area (Å²) in [6.45, 7) is 2.91. The van der Waals surface area contributed by atoms with Crippen molar-refractivity contribution in [3.63, 3.8) is 0 Å². The molecule has 0 radical (unpaired) electrons. The maximum absolute atomic E-state index is 12.0. The third-order valence-electron chi connectivity index (χ3n) is 3.53. The maximum atomic E-state index is 12.0. The van der Waals surface area contributed by atoms with E-state index in [1.807, 2.05) is 12.1 Å². The van der Waals surface area contributed by atoms with Gasteiger partial charge >= 0.3 is 0 Å². The largest absolute Gasteiger partial charge is 0.495 e. The van der Waals surface area contributed by atoms with Crippen LogP contribution in [0.25, 0.3) is 0 Å². The number of benzene rings is 1. The topological polar surface area (TPSA) is 84.9 Å². The summed E-state index contributed by atoms with van der Waals surface area (Å²) in [5.74, 6) is 0.00665. The minimum atomic E-state index is -3.17. The molecule has 2 rings (SSSR count). The molecule has 0 aromatic heterocycles. The quantitative estimate of drug-likeness (QED) is 0.827. The first-order valence-corrected chi connectivity index (χ1v) is 9.43. The van der Waals surface area contributed by atoms with E-state index in [4.69, 9.17) is 9.47 Å². The Labute approximate surface area is 136 Å². The summed E-state index contributed by atoms with van der Waals surface area (Å²) >= 11 is 0. The fourth-order valence-corrected chi connectivity index (χ4v) is 2.86. The normalized spacial score (nSPS) is 15.3. The second kappa shape index (κ2) is 7.65. The Hall–Kier alpha value is -1.80. The van der Waals surface area contributed by atoms with Crippen LogP contribution in [0.15, 0.2) is 18.2 Å². The van der Waals surface area contributed by atoms with Crippen molar-refractivity contribution < 1.29 is 22.7 Å². The Bertz CT molecular complexity index is 654. The van der Waals surface area contributed by atoms with Crippen LogP contribution in [0.1, 0.15) is 6.42 Å². The van der Waals surface area contributed by atoms with Gasteiger partial charge in [0, 0.05) is 31.5 Å². The summed E-state index contributed by atoms with van der Waals surface area (Å²) in [5.41, 5.74) is 1.50. The number of anilines is 2. The zero-order valence-electron chi connectivity index (χ0n) is 13.4. The molecule has 0 bridgehead atoms. The van der Waals surface area contributed by atoms with Gasteiger partial charge in [-0.3, -0.25) is 4.79 Å². The van der Waals surface area contributed by atoms with E-state index in [-0.39, 0.29) is 18.1 Å². The molecule has 1 aromatic carbocycles. The third kappa shape index (κ3) is 5.40. The van der Waals surface area contributed by atoms with Crippen molar-refractivity contribution in [1.29, 1.82) is 0 Å². The number of hydrogen-bond acceptors (Lipinski definition) is 6. The van der Waals surface area contributed by atoms with E-state index in [9.17, 15) is 13.2 Å². The molecule has 1 aliphatic heterocycles. The smallest absolute Gasteiger partial charge is 0.225 e. The number of rotatable bonds is 6. The first-order chi connectivity index (χ1) is 10.9. The van der Waals surface area contributed by atoms with Crippen molar-refractivity contribution >= 4 is 27.1 Å². The van der Waals surface area contributed by atoms with Gasteiger partial charge in [0.15, 0.2) is 0 Å². The van der Waals surface area contributed by atoms with Gasteiger partial charge in [-0.1, -0.05) is 0 Å². The van der Waals surface area contributed by atoms with E-state index in [0.717, 1.165) is 25.0 Å². The standard InChI is InChI=1S/C15H22N2O5S/c1-21-14-4-3-12(17-6-8-22-9-7-17)11-13(14)16-15(18)5-10-23(2,19)20/h3-4,11H,5-10H2,1-2H3,(H,16,18). The summed E-state index contributed by atoms with van der Waals surface area (Å²) in [6, 6.07) is 5.55. The van der Waals surface area contributed by atoms with Crippen LogP contribution in [0.2, 0.25) is 0 Å². The van der Waals surface area contributed by atoms with Gasteiger partial charge in [-0.25, -0.2) is 8.42 Å². The summed E-state index contributed by atoms with van der Waals surface area (Å²) in [5, 5.41) is 2.73. The van der Waals surface area contributed by atoms with Crippen LogP contribution in [0.5, 0.6) is 5.75 Å². The van der Waals surface area contributed by atoms with Gasteiger partial charge in [-0.15, -0.1) is 0 Å². The van der Waals surface area contributed by atoms with Crippen LogP contribution in [0, 0.1) is 0 Å². The second-order valence-electron chi connectivity index (χ2n) is 5.41. The first kappa shape index (κ1) is 17.6. The number of carbonyl (C=O) groups excluding carboxylic acids is 1. The zero-order chi connectivity index (χ0) is 16.9. The number of ether oxygens (including phenoxy) is 2. The average molecular weight is 342 g/mol. The van der Waals surface area contributed by atoms with Crippen molar-refractivity contribution in [1.82, 2.24) is 0 Å². The zero-order valence-corrected chi connectivity index (χ0v) is 14.2. The minimum absolute atomic E-state index is 0.0796. The van der Waals surface area contributed by atoms with Gasteiger partial charge in [0.25, 0.3) is 0 Å². The summed E-state index contributed by atoms with van der Waals surface area (Å²) in [4.78, 5) is 14.1. The van der Waals surface area contributed by atoms with Crippen LogP contribution in [0.4, 0.5) is 11.4 Å². The lowest BCUT2D eigenvalue weighted by atomic mass is 10.2. The molecular weight excluding hydrogens is 320 g/mol. The Balaban J connectivity index is 2.10. The highest BCUT2D eigenvalue weighted by Gasteiger charge is 2.15. The number of nitrogens with one attached hydrogen (secondary N) is 1. The van der Waals surface area contributed by atoms with Gasteiger partial charge < -0.3 is 19.7 Å². The Kier molecular flexibility index (Phi) is 5.84. The molecule has 1 fully saturated rings. The Morgan fingerprint density at radius 3 is 2.65 bits per heavy atom. The number of sulfone groups is 1. The Morgan fingerprint density at radius 2 is 2.04 bits per heavy atom. The molecule has 0 aliphatic carbocycles. The number of morpholine rings is 1. The molecule has 7 nitrogen and oxygen atoms in total. The molecule has 1 amide bonds. The molecule has 1 N–H and O–H groups in total. The van der Waals surface area contributed by atoms with E-state index in [1.54, 1.807) is 6.07 Å². The molecule has 1 heterocycles. The summed E-state index contributed by atoms with van der Waals surface area (Å²) in [6.07, 6.45) is 1.03. The van der Waals surface area contributed by atoms with Crippen LogP contribution in [0.3, 0.4) is 0 Å². The predicted molar refractivity (Wildman–Crippen MR) is 89.0 cm³/mol. The van der Waals surface area contributed by atoms with Gasteiger partial charge in [0.1, 0.15) is 15.6 Å². The molecule has 23 heavy (non-hydrogen) atoms. The molecule has 1 aliphatic rings. The number of nitrogens with zero attached hydrogens (tertiary/aromatic N) is 1. The highest BCUT2D eigenvalue weighted by Crippen LogP contribution is 2.30. The van der Waals surface area contributed by atoms with E-state index in [1.165, 1.54) is 7.11 Å². The molecule has 0 saturated carbocycles. The van der Waals surface area contributed by atoms with Crippen LogP contribution >= 0.6 is 0 Å². The van der Waals surface area contributed by atoms with Crippen molar-refractivity contribution in [3.05, 3.63) is 18.2 Å². The predicted octanol–water partition coefficient (Wildman–Crippen LogP) is 0.905. The van der Waals surface area contributed by atoms with E-state index in [0.29, 0.717) is 24.7 Å². The van der Waals surface area contributed by atoms with Gasteiger partial charge in [-0.2, -0.15) is 0 Å². The van der Waals surface area contributed by atoms with Crippen molar-refractivity contribution in [2.75, 3.05) is 55.6 Å². The fraction of sp³-hybridized carbons (Fsp3) is 0.533. The molecule has 0 atom stereocenters. The average Bonchev–Trinajstić information content (AvgIpc) is 2.53. The third-order valence-corrected chi connectivity index (χ3v) is 4.48. The molecule has 0 spiro atoms. The number of methoxy groups -OCH3 is 1. The first-order valence-electron chi connectivity index (χ1n) is 7.37. The van der Waals surface area contributed by atoms with Crippen LogP contribution < -0.4 is 15.0 Å². The van der Waals surface area contributed by atoms with Crippen molar-refractivity contribution in [2.45, 2.75) is 6.42 Å². The van der Waals surface area contributed by atoms with Crippen LogP contribution in [-0.4, -0.2) is 59.7 Å². The summed E-state index contributed by atoms with van der Waals surface area (Å²) in [7, 11) is -1.64. The van der Waals surface area contributed by atoms with Gasteiger partial charge in [0.2, 0.25) is 5.91 Å². The Morgan fingerprint density at radius 1 is 1.35 bits per heavy atom. The number of hydrogen-bond donors (Lipinski definition) is 1. The lowest BCUT2D eigenvalue weighted by Gasteiger charge is -2.29. The highest BCUT2D eigenvalue weighted by atomic mass is 32.2. The molecule has 8 heteroatoms. The van der Waals surface area contributed by atoms with E-state index < -0.39 is 9.84 Å². The SMILES string of the molecule is COc1ccc(N2CCOCC2)cc1NC(=O)CCS(C)(=O)=O. The summed E-state index contributed by atoms with van der Waals surface area (Å²) < 4.78 is 32.9. The van der Waals surface area contributed by atoms with Gasteiger partial charge in [0.05, 0.1) is 31.8 Å². The monoisotopic (exact) mass is 342 g/mol. The van der Waals surface area contributed by atoms with Gasteiger partial charge in [-0.05, 0) is 18.2 Å². The van der Waals surface area contributed by atoms with E-state index >= 15 is 0 Å². The molecule has 1 saturated heterocycles. The molecular formula is C15H22N2O5S. The van der Waals surface area contributed by atoms with E-state index in [2.05, 4.69) is 10.2 Å². The van der Waals surface area contributed by atoms with Crippen molar-refractivity contribution in [3.8, 4) is 5.75 Å². The lowest BCUT2D eigenvalue weighted by molar-refractivity contribution is -0.115. The highest BCUT2D eigenvalue weighted by molar-refractivity contribution is 7.90.